The smallest absolute Gasteiger partial charge is 0.338 e. The van der Waals surface area contributed by atoms with E-state index in [1.807, 2.05) is 31.2 Å². The molecule has 0 saturated carbocycles. The van der Waals surface area contributed by atoms with Crippen LogP contribution in [0.1, 0.15) is 21.7 Å². The molecule has 0 amide bonds. The van der Waals surface area contributed by atoms with Gasteiger partial charge in [-0.25, -0.2) is 9.18 Å². The van der Waals surface area contributed by atoms with E-state index in [2.05, 4.69) is 30.5 Å². The zero-order valence-electron chi connectivity index (χ0n) is 19.6. The highest BCUT2D eigenvalue weighted by molar-refractivity contribution is 5.89. The summed E-state index contributed by atoms with van der Waals surface area (Å²) in [6.07, 6.45) is 0. The van der Waals surface area contributed by atoms with Crippen LogP contribution in [-0.4, -0.2) is 31.1 Å². The second-order valence-electron chi connectivity index (χ2n) is 7.95. The van der Waals surface area contributed by atoms with Crippen molar-refractivity contribution in [3.8, 4) is 22.9 Å². The summed E-state index contributed by atoms with van der Waals surface area (Å²) in [5, 5.41) is 11.1. The molecular formula is C26H20FN7O3. The Kier molecular flexibility index (Phi) is 6.49. The minimum Gasteiger partial charge on any atom is -0.454 e. The first-order valence-electron chi connectivity index (χ1n) is 11.1. The fourth-order valence-corrected chi connectivity index (χ4v) is 3.44. The molecule has 0 saturated heterocycles. The Morgan fingerprint density at radius 2 is 1.68 bits per heavy atom. The van der Waals surface area contributed by atoms with Gasteiger partial charge in [0.05, 0.1) is 5.56 Å². The Morgan fingerprint density at radius 3 is 2.43 bits per heavy atom. The first-order chi connectivity index (χ1) is 17.9. The van der Waals surface area contributed by atoms with Gasteiger partial charge in [-0.2, -0.15) is 15.0 Å². The van der Waals surface area contributed by atoms with Crippen LogP contribution < -0.4 is 11.1 Å². The van der Waals surface area contributed by atoms with E-state index in [0.717, 1.165) is 11.1 Å². The Morgan fingerprint density at radius 1 is 0.946 bits per heavy atom. The van der Waals surface area contributed by atoms with Crippen LogP contribution in [-0.2, 0) is 11.3 Å². The number of nitrogens with zero attached hydrogens (tertiary/aromatic N) is 5. The average molecular weight is 497 g/mol. The number of esters is 1. The van der Waals surface area contributed by atoms with E-state index in [4.69, 9.17) is 14.9 Å². The number of aromatic nitrogens is 5. The van der Waals surface area contributed by atoms with Crippen molar-refractivity contribution in [3.05, 3.63) is 95.6 Å². The van der Waals surface area contributed by atoms with E-state index in [1.165, 1.54) is 24.3 Å². The number of carbonyl (C=O) groups excluding carboxylic acids is 1. The lowest BCUT2D eigenvalue weighted by molar-refractivity contribution is 0.0462. The normalized spacial score (nSPS) is 10.8. The van der Waals surface area contributed by atoms with Crippen molar-refractivity contribution >= 4 is 23.6 Å². The predicted molar refractivity (Wildman–Crippen MR) is 133 cm³/mol. The van der Waals surface area contributed by atoms with E-state index in [9.17, 15) is 9.18 Å². The lowest BCUT2D eigenvalue weighted by Crippen LogP contribution is -2.11. The SMILES string of the molecule is Cc1ccccc1-c1nnc(-c2ccc(C(=O)OCc3nc(N)nc(Nc4ccc(F)cc4)n3)cc2)o1. The van der Waals surface area contributed by atoms with E-state index >= 15 is 0 Å². The number of nitrogens with one attached hydrogen (secondary N) is 1. The summed E-state index contributed by atoms with van der Waals surface area (Å²) in [5.74, 6) is 0.0344. The van der Waals surface area contributed by atoms with Gasteiger partial charge in [-0.3, -0.25) is 0 Å². The maximum absolute atomic E-state index is 13.1. The molecule has 5 rings (SSSR count). The van der Waals surface area contributed by atoms with Crippen LogP contribution in [0.25, 0.3) is 22.9 Å². The van der Waals surface area contributed by atoms with Crippen LogP contribution in [0.2, 0.25) is 0 Å². The van der Waals surface area contributed by atoms with Gasteiger partial charge in [-0.05, 0) is 67.1 Å². The first-order valence-corrected chi connectivity index (χ1v) is 11.1. The molecule has 184 valence electrons. The van der Waals surface area contributed by atoms with Crippen LogP contribution in [0, 0.1) is 12.7 Å². The first kappa shape index (κ1) is 23.5. The summed E-state index contributed by atoms with van der Waals surface area (Å²) in [7, 11) is 0. The average Bonchev–Trinajstić information content (AvgIpc) is 3.39. The topological polar surface area (TPSA) is 142 Å². The third kappa shape index (κ3) is 5.56. The number of ether oxygens (including phenoxy) is 1. The van der Waals surface area contributed by atoms with Crippen LogP contribution in [0.3, 0.4) is 0 Å². The number of nitrogen functional groups attached to an aromatic ring is 1. The molecule has 0 aliphatic rings. The lowest BCUT2D eigenvalue weighted by atomic mass is 10.1. The molecule has 37 heavy (non-hydrogen) atoms. The molecule has 0 radical (unpaired) electrons. The van der Waals surface area contributed by atoms with E-state index < -0.39 is 5.97 Å². The Labute approximate surface area is 210 Å². The highest BCUT2D eigenvalue weighted by atomic mass is 19.1. The number of hydrogen-bond acceptors (Lipinski definition) is 10. The molecule has 0 spiro atoms. The van der Waals surface area contributed by atoms with Gasteiger partial charge < -0.3 is 20.2 Å². The number of nitrogens with two attached hydrogens (primary N) is 1. The molecule has 3 N–H and O–H groups in total. The minimum atomic E-state index is -0.579. The summed E-state index contributed by atoms with van der Waals surface area (Å²) in [6.45, 7) is 1.74. The molecule has 2 aromatic heterocycles. The van der Waals surface area contributed by atoms with Crippen LogP contribution in [0.5, 0.6) is 0 Å². The number of carbonyl (C=O) groups is 1. The van der Waals surface area contributed by atoms with Crippen LogP contribution in [0.4, 0.5) is 22.0 Å². The highest BCUT2D eigenvalue weighted by Crippen LogP contribution is 2.26. The molecule has 0 aliphatic carbocycles. The second kappa shape index (κ2) is 10.2. The summed E-state index contributed by atoms with van der Waals surface area (Å²) < 4.78 is 24.3. The van der Waals surface area contributed by atoms with Crippen molar-refractivity contribution in [3.63, 3.8) is 0 Å². The third-order valence-corrected chi connectivity index (χ3v) is 5.30. The number of aryl methyl sites for hydroxylation is 1. The van der Waals surface area contributed by atoms with Crippen molar-refractivity contribution in [1.29, 1.82) is 0 Å². The van der Waals surface area contributed by atoms with Gasteiger partial charge in [0.2, 0.25) is 23.7 Å². The second-order valence-corrected chi connectivity index (χ2v) is 7.95. The predicted octanol–water partition coefficient (Wildman–Crippen LogP) is 4.72. The standard InChI is InChI=1S/C26H20FN7O3/c1-15-4-2-3-5-20(15)23-34-33-22(37-23)16-6-8-17(9-7-16)24(35)36-14-21-30-25(28)32-26(31-21)29-19-12-10-18(27)11-13-19/h2-13H,14H2,1H3,(H3,28,29,30,31,32). The van der Waals surface area contributed by atoms with Gasteiger partial charge in [0.15, 0.2) is 12.4 Å². The van der Waals surface area contributed by atoms with Gasteiger partial charge in [0, 0.05) is 16.8 Å². The van der Waals surface area contributed by atoms with Crippen LogP contribution in [0.15, 0.2) is 77.2 Å². The molecule has 10 nitrogen and oxygen atoms in total. The molecule has 2 heterocycles. The minimum absolute atomic E-state index is 0.0559. The van der Waals surface area contributed by atoms with E-state index in [1.54, 1.807) is 24.3 Å². The van der Waals surface area contributed by atoms with Gasteiger partial charge in [0.1, 0.15) is 5.82 Å². The molecule has 11 heteroatoms. The summed E-state index contributed by atoms with van der Waals surface area (Å²) in [6, 6.07) is 19.9. The fourth-order valence-electron chi connectivity index (χ4n) is 3.44. The number of anilines is 3. The zero-order valence-corrected chi connectivity index (χ0v) is 19.6. The maximum atomic E-state index is 13.1. The summed E-state index contributed by atoms with van der Waals surface area (Å²) in [4.78, 5) is 24.7. The van der Waals surface area contributed by atoms with Gasteiger partial charge in [0.25, 0.3) is 0 Å². The Balaban J connectivity index is 1.23. The molecule has 0 bridgehead atoms. The van der Waals surface area contributed by atoms with Gasteiger partial charge in [-0.15, -0.1) is 10.2 Å². The van der Waals surface area contributed by atoms with E-state index in [-0.39, 0.29) is 30.1 Å². The number of benzene rings is 3. The van der Waals surface area contributed by atoms with Crippen LogP contribution >= 0.6 is 0 Å². The lowest BCUT2D eigenvalue weighted by Gasteiger charge is -2.08. The summed E-state index contributed by atoms with van der Waals surface area (Å²) >= 11 is 0. The molecule has 0 atom stereocenters. The van der Waals surface area contributed by atoms with Crippen molar-refractivity contribution in [1.82, 2.24) is 25.1 Å². The molecule has 5 aromatic rings. The molecule has 0 unspecified atom stereocenters. The van der Waals surface area contributed by atoms with Crippen molar-refractivity contribution in [2.75, 3.05) is 11.1 Å². The molecule has 0 fully saturated rings. The summed E-state index contributed by atoms with van der Waals surface area (Å²) in [5.41, 5.74) is 9.16. The third-order valence-electron chi connectivity index (χ3n) is 5.30. The zero-order chi connectivity index (χ0) is 25.8. The number of hydrogen-bond donors (Lipinski definition) is 2. The number of rotatable bonds is 7. The molecule has 0 aliphatic heterocycles. The quantitative estimate of drug-likeness (QED) is 0.303. The number of halogens is 1. The van der Waals surface area contributed by atoms with Crippen molar-refractivity contribution in [2.45, 2.75) is 13.5 Å². The highest BCUT2D eigenvalue weighted by Gasteiger charge is 2.14. The van der Waals surface area contributed by atoms with Gasteiger partial charge >= 0.3 is 5.97 Å². The van der Waals surface area contributed by atoms with Crippen molar-refractivity contribution < 1.29 is 18.3 Å². The van der Waals surface area contributed by atoms with Crippen molar-refractivity contribution in [2.24, 2.45) is 0 Å². The van der Waals surface area contributed by atoms with Gasteiger partial charge in [-0.1, -0.05) is 18.2 Å². The molecule has 3 aromatic carbocycles. The Hall–Kier alpha value is -5.19. The fraction of sp³-hybridized carbons (Fsp3) is 0.0769. The van der Waals surface area contributed by atoms with E-state index in [0.29, 0.717) is 28.6 Å². The largest absolute Gasteiger partial charge is 0.454 e. The monoisotopic (exact) mass is 497 g/mol. The molecular weight excluding hydrogens is 477 g/mol. The Bertz CT molecular complexity index is 1550. The maximum Gasteiger partial charge on any atom is 0.338 e.